The van der Waals surface area contributed by atoms with Crippen molar-refractivity contribution >= 4 is 56.8 Å². The van der Waals surface area contributed by atoms with Gasteiger partial charge >= 0.3 is 11.9 Å². The number of hydrogen-bond acceptors (Lipinski definition) is 7. The van der Waals surface area contributed by atoms with Crippen molar-refractivity contribution in [3.63, 3.8) is 0 Å². The minimum Gasteiger partial charge on any atom is -0.456 e. The molecule has 0 unspecified atom stereocenters. The first kappa shape index (κ1) is 26.1. The van der Waals surface area contributed by atoms with Crippen molar-refractivity contribution in [2.45, 2.75) is 52.7 Å². The Kier molecular flexibility index (Phi) is 9.07. The number of aromatic nitrogens is 2. The van der Waals surface area contributed by atoms with E-state index < -0.39 is 23.1 Å². The second-order valence-electron chi connectivity index (χ2n) is 8.08. The number of ether oxygens (including phenoxy) is 2. The molecule has 0 fully saturated rings. The molecular formula is C20H24BrCl2N3O4. The lowest BCUT2D eigenvalue weighted by Gasteiger charge is -2.19. The number of nitrogens with zero attached hydrogens (tertiary/aromatic N) is 2. The molecule has 30 heavy (non-hydrogen) atoms. The van der Waals surface area contributed by atoms with Crippen molar-refractivity contribution in [1.82, 2.24) is 9.97 Å². The van der Waals surface area contributed by atoms with E-state index in [9.17, 15) is 9.59 Å². The van der Waals surface area contributed by atoms with E-state index in [1.54, 1.807) is 20.8 Å². The summed E-state index contributed by atoms with van der Waals surface area (Å²) in [6.45, 7) is 10.8. The maximum Gasteiger partial charge on any atom is 0.340 e. The van der Waals surface area contributed by atoms with Crippen LogP contribution in [0.3, 0.4) is 0 Å². The van der Waals surface area contributed by atoms with Gasteiger partial charge in [0.15, 0.2) is 0 Å². The van der Waals surface area contributed by atoms with Crippen LogP contribution in [-0.4, -0.2) is 33.1 Å². The molecule has 2 aromatic rings. The first-order valence-corrected chi connectivity index (χ1v) is 10.3. The van der Waals surface area contributed by atoms with Crippen LogP contribution in [0.4, 0.5) is 5.69 Å². The van der Waals surface area contributed by atoms with Gasteiger partial charge in [-0.05, 0) is 69.6 Å². The van der Waals surface area contributed by atoms with Crippen molar-refractivity contribution in [2.75, 3.05) is 5.73 Å². The molecule has 0 saturated heterocycles. The molecule has 0 aliphatic rings. The molecule has 2 heterocycles. The Labute approximate surface area is 194 Å². The topological polar surface area (TPSA) is 104 Å². The Balaban J connectivity index is 0.000000300. The number of rotatable bonds is 2. The summed E-state index contributed by atoms with van der Waals surface area (Å²) in [5.74, 6) is -0.914. The highest BCUT2D eigenvalue weighted by Gasteiger charge is 2.21. The summed E-state index contributed by atoms with van der Waals surface area (Å²) in [7, 11) is 0. The van der Waals surface area contributed by atoms with E-state index in [4.69, 9.17) is 38.4 Å². The monoisotopic (exact) mass is 519 g/mol. The van der Waals surface area contributed by atoms with E-state index in [1.165, 1.54) is 24.5 Å². The molecule has 2 N–H and O–H groups in total. The Morgan fingerprint density at radius 1 is 0.867 bits per heavy atom. The van der Waals surface area contributed by atoms with Crippen LogP contribution in [0.5, 0.6) is 0 Å². The zero-order valence-corrected chi connectivity index (χ0v) is 20.6. The molecule has 0 bridgehead atoms. The molecule has 2 rings (SSSR count). The lowest BCUT2D eigenvalue weighted by molar-refractivity contribution is 0.00569. The fourth-order valence-electron chi connectivity index (χ4n) is 1.85. The van der Waals surface area contributed by atoms with Gasteiger partial charge in [-0.25, -0.2) is 19.6 Å². The highest BCUT2D eigenvalue weighted by Crippen LogP contribution is 2.22. The van der Waals surface area contributed by atoms with E-state index in [1.807, 2.05) is 20.8 Å². The first-order chi connectivity index (χ1) is 13.6. The molecule has 0 radical (unpaired) electrons. The molecule has 0 spiro atoms. The Bertz CT molecular complexity index is 850. The number of hydrogen-bond donors (Lipinski definition) is 1. The predicted octanol–water partition coefficient (Wildman–Crippen LogP) is 5.73. The van der Waals surface area contributed by atoms with Crippen molar-refractivity contribution < 1.29 is 19.1 Å². The van der Waals surface area contributed by atoms with Crippen LogP contribution in [-0.2, 0) is 9.47 Å². The number of esters is 2. The quantitative estimate of drug-likeness (QED) is 0.398. The molecule has 0 amide bonds. The molecule has 164 valence electrons. The molecular weight excluding hydrogens is 497 g/mol. The number of pyridine rings is 2. The second kappa shape index (κ2) is 10.4. The fraction of sp³-hybridized carbons (Fsp3) is 0.400. The van der Waals surface area contributed by atoms with Crippen LogP contribution in [0.2, 0.25) is 10.3 Å². The normalized spacial score (nSPS) is 11.2. The van der Waals surface area contributed by atoms with Crippen LogP contribution >= 0.6 is 39.1 Å². The molecule has 0 aromatic carbocycles. The van der Waals surface area contributed by atoms with Gasteiger partial charge in [0.2, 0.25) is 0 Å². The van der Waals surface area contributed by atoms with Crippen LogP contribution in [0.25, 0.3) is 0 Å². The Hall–Kier alpha value is -1.90. The average molecular weight is 521 g/mol. The van der Waals surface area contributed by atoms with E-state index in [-0.39, 0.29) is 21.6 Å². The lowest BCUT2D eigenvalue weighted by atomic mass is 10.2. The van der Waals surface area contributed by atoms with Gasteiger partial charge in [-0.1, -0.05) is 23.2 Å². The fourth-order valence-corrected chi connectivity index (χ4v) is 2.55. The molecule has 0 saturated carbocycles. The van der Waals surface area contributed by atoms with Crippen molar-refractivity contribution in [1.29, 1.82) is 0 Å². The van der Waals surface area contributed by atoms with Crippen LogP contribution < -0.4 is 5.73 Å². The highest BCUT2D eigenvalue weighted by molar-refractivity contribution is 9.10. The van der Waals surface area contributed by atoms with Gasteiger partial charge in [0.05, 0.1) is 27.5 Å². The lowest BCUT2D eigenvalue weighted by Crippen LogP contribution is -2.24. The minimum absolute atomic E-state index is 0.213. The van der Waals surface area contributed by atoms with E-state index in [2.05, 4.69) is 25.9 Å². The van der Waals surface area contributed by atoms with Crippen LogP contribution in [0.15, 0.2) is 29.0 Å². The van der Waals surface area contributed by atoms with Crippen molar-refractivity contribution in [3.8, 4) is 0 Å². The first-order valence-electron chi connectivity index (χ1n) is 8.78. The number of carbonyl (C=O) groups is 2. The van der Waals surface area contributed by atoms with Gasteiger partial charge in [0.1, 0.15) is 21.5 Å². The zero-order valence-electron chi connectivity index (χ0n) is 17.5. The largest absolute Gasteiger partial charge is 0.456 e. The third kappa shape index (κ3) is 9.28. The van der Waals surface area contributed by atoms with Crippen LogP contribution in [0.1, 0.15) is 62.3 Å². The Morgan fingerprint density at radius 3 is 1.73 bits per heavy atom. The maximum absolute atomic E-state index is 11.7. The number of nitrogen functional groups attached to an aromatic ring is 1. The molecule has 0 aliphatic heterocycles. The van der Waals surface area contributed by atoms with E-state index >= 15 is 0 Å². The zero-order chi connectivity index (χ0) is 23.3. The maximum atomic E-state index is 11.7. The average Bonchev–Trinajstić information content (AvgIpc) is 2.56. The third-order valence-corrected chi connectivity index (χ3v) is 4.01. The summed E-state index contributed by atoms with van der Waals surface area (Å²) in [5, 5.41) is 0.476. The van der Waals surface area contributed by atoms with Gasteiger partial charge in [0.25, 0.3) is 0 Å². The Morgan fingerprint density at radius 2 is 1.27 bits per heavy atom. The standard InChI is InChI=1S/C10H11BrClNO2.C10H13ClN2O2/c1-10(2,3)15-9(14)6-4-8(12)13-5-7(6)11;1-10(2,3)15-9(14)6-4-8(11)13-5-7(6)12/h4-5H,1-3H3;4-5H,12H2,1-3H3. The molecule has 2 aromatic heterocycles. The summed E-state index contributed by atoms with van der Waals surface area (Å²) in [5.41, 5.74) is 5.39. The van der Waals surface area contributed by atoms with Gasteiger partial charge in [-0.3, -0.25) is 0 Å². The smallest absolute Gasteiger partial charge is 0.340 e. The van der Waals surface area contributed by atoms with Gasteiger partial charge in [0, 0.05) is 6.20 Å². The summed E-state index contributed by atoms with van der Waals surface area (Å²) >= 11 is 14.6. The van der Waals surface area contributed by atoms with Crippen LogP contribution in [0, 0.1) is 0 Å². The summed E-state index contributed by atoms with van der Waals surface area (Å²) in [6, 6.07) is 2.87. The summed E-state index contributed by atoms with van der Waals surface area (Å²) < 4.78 is 10.9. The van der Waals surface area contributed by atoms with E-state index in [0.29, 0.717) is 10.0 Å². The molecule has 0 atom stereocenters. The molecule has 7 nitrogen and oxygen atoms in total. The third-order valence-electron chi connectivity index (χ3n) is 2.96. The van der Waals surface area contributed by atoms with Crippen molar-refractivity contribution in [2.24, 2.45) is 0 Å². The van der Waals surface area contributed by atoms with E-state index in [0.717, 1.165) is 0 Å². The SMILES string of the molecule is CC(C)(C)OC(=O)c1cc(Cl)ncc1Br.CC(C)(C)OC(=O)c1cc(Cl)ncc1N. The molecule has 0 aliphatic carbocycles. The van der Waals surface area contributed by atoms with Gasteiger partial charge in [-0.15, -0.1) is 0 Å². The number of anilines is 1. The summed E-state index contributed by atoms with van der Waals surface area (Å²) in [6.07, 6.45) is 2.81. The highest BCUT2D eigenvalue weighted by atomic mass is 79.9. The second-order valence-corrected chi connectivity index (χ2v) is 9.71. The number of halogens is 3. The van der Waals surface area contributed by atoms with Crippen molar-refractivity contribution in [3.05, 3.63) is 50.4 Å². The predicted molar refractivity (Wildman–Crippen MR) is 121 cm³/mol. The number of carbonyl (C=O) groups excluding carboxylic acids is 2. The summed E-state index contributed by atoms with van der Waals surface area (Å²) in [4.78, 5) is 30.9. The van der Waals surface area contributed by atoms with Gasteiger partial charge < -0.3 is 15.2 Å². The molecule has 10 heteroatoms. The minimum atomic E-state index is -0.556. The van der Waals surface area contributed by atoms with Gasteiger partial charge in [-0.2, -0.15) is 0 Å². The number of nitrogens with two attached hydrogens (primary N) is 1.